The van der Waals surface area contributed by atoms with Crippen molar-refractivity contribution < 1.29 is 32.2 Å². The number of nitrogens with zero attached hydrogens (tertiary/aromatic N) is 1. The molecule has 162 valence electrons. The van der Waals surface area contributed by atoms with Crippen LogP contribution < -0.4 is 0 Å². The van der Waals surface area contributed by atoms with Crippen LogP contribution >= 0.6 is 11.6 Å². The van der Waals surface area contributed by atoms with Gasteiger partial charge in [-0.05, 0) is 37.0 Å². The summed E-state index contributed by atoms with van der Waals surface area (Å²) in [6.07, 6.45) is -4.12. The molecule has 30 heavy (non-hydrogen) atoms. The Morgan fingerprint density at radius 1 is 1.27 bits per heavy atom. The molecule has 2 atom stereocenters. The Balaban J connectivity index is 1.86. The van der Waals surface area contributed by atoms with E-state index in [-0.39, 0.29) is 49.1 Å². The molecular formula is C21H20ClF4NO3. The van der Waals surface area contributed by atoms with Crippen LogP contribution in [0.15, 0.2) is 36.5 Å². The lowest BCUT2D eigenvalue weighted by Crippen LogP contribution is -2.45. The molecule has 1 N–H and O–H groups in total. The smallest absolute Gasteiger partial charge is 0.381 e. The average molecular weight is 446 g/mol. The number of Topliss-reactive ketones (excluding diaryl/α,β-unsaturated/α-hetero) is 1. The molecule has 0 radical (unpaired) electrons. The molecule has 1 aliphatic carbocycles. The highest BCUT2D eigenvalue weighted by Crippen LogP contribution is 2.46. The largest absolute Gasteiger partial charge is 0.417 e. The minimum Gasteiger partial charge on any atom is -0.381 e. The molecule has 1 aromatic heterocycles. The van der Waals surface area contributed by atoms with Crippen LogP contribution in [0.5, 0.6) is 0 Å². The fourth-order valence-electron chi connectivity index (χ4n) is 3.84. The summed E-state index contributed by atoms with van der Waals surface area (Å²) in [7, 11) is 1.39. The van der Waals surface area contributed by atoms with Crippen molar-refractivity contribution in [3.05, 3.63) is 63.9 Å². The van der Waals surface area contributed by atoms with E-state index in [1.54, 1.807) is 0 Å². The highest BCUT2D eigenvalue weighted by Gasteiger charge is 2.51. The van der Waals surface area contributed by atoms with Gasteiger partial charge in [0.1, 0.15) is 5.60 Å². The van der Waals surface area contributed by atoms with E-state index in [4.69, 9.17) is 16.3 Å². The summed E-state index contributed by atoms with van der Waals surface area (Å²) in [5.41, 5.74) is -4.83. The number of aromatic nitrogens is 1. The van der Waals surface area contributed by atoms with E-state index < -0.39 is 33.8 Å². The zero-order valence-corrected chi connectivity index (χ0v) is 16.9. The lowest BCUT2D eigenvalue weighted by Gasteiger charge is -2.39. The van der Waals surface area contributed by atoms with Gasteiger partial charge in [-0.1, -0.05) is 29.8 Å². The summed E-state index contributed by atoms with van der Waals surface area (Å²) >= 11 is 5.87. The molecule has 2 aromatic rings. The standard InChI is InChI=1S/C21H20ClF4NO3/c1-30-12-19(29)9-10-20(23,15-6-3-11-27-18(15)19)16(28)8-7-13-4-2-5-14(17(13)22)21(24,25)26/h2-6,11,29H,7-10,12H2,1H3. The van der Waals surface area contributed by atoms with Crippen molar-refractivity contribution in [3.8, 4) is 0 Å². The molecule has 1 heterocycles. The van der Waals surface area contributed by atoms with Crippen molar-refractivity contribution in [2.24, 2.45) is 0 Å². The molecule has 0 amide bonds. The molecule has 9 heteroatoms. The molecule has 1 aliphatic rings. The van der Waals surface area contributed by atoms with Crippen LogP contribution in [-0.2, 0) is 33.4 Å². The Kier molecular flexibility index (Phi) is 6.23. The second-order valence-corrected chi connectivity index (χ2v) is 7.74. The van der Waals surface area contributed by atoms with Crippen LogP contribution in [0, 0.1) is 0 Å². The number of ketones is 1. The van der Waals surface area contributed by atoms with Gasteiger partial charge in [0.25, 0.3) is 0 Å². The molecule has 0 fully saturated rings. The Hall–Kier alpha value is -2.03. The summed E-state index contributed by atoms with van der Waals surface area (Å²) in [6, 6.07) is 6.28. The summed E-state index contributed by atoms with van der Waals surface area (Å²) in [4.78, 5) is 16.9. The number of carbonyl (C=O) groups is 1. The van der Waals surface area contributed by atoms with Gasteiger partial charge in [-0.2, -0.15) is 13.2 Å². The van der Waals surface area contributed by atoms with Crippen molar-refractivity contribution in [3.63, 3.8) is 0 Å². The van der Waals surface area contributed by atoms with Crippen molar-refractivity contribution in [2.75, 3.05) is 13.7 Å². The number of hydrogen-bond donors (Lipinski definition) is 1. The summed E-state index contributed by atoms with van der Waals surface area (Å²) < 4.78 is 60.0. The highest BCUT2D eigenvalue weighted by molar-refractivity contribution is 6.32. The molecule has 0 spiro atoms. The van der Waals surface area contributed by atoms with Crippen molar-refractivity contribution in [2.45, 2.75) is 43.1 Å². The number of fused-ring (bicyclic) bond motifs is 1. The topological polar surface area (TPSA) is 59.4 Å². The third kappa shape index (κ3) is 4.08. The number of aryl methyl sites for hydroxylation is 1. The second kappa shape index (κ2) is 8.24. The van der Waals surface area contributed by atoms with Gasteiger partial charge in [-0.3, -0.25) is 9.78 Å². The van der Waals surface area contributed by atoms with Gasteiger partial charge in [0.15, 0.2) is 11.5 Å². The van der Waals surface area contributed by atoms with Crippen molar-refractivity contribution in [1.82, 2.24) is 4.98 Å². The van der Waals surface area contributed by atoms with Gasteiger partial charge in [0.05, 0.1) is 22.9 Å². The van der Waals surface area contributed by atoms with Gasteiger partial charge in [0.2, 0.25) is 0 Å². The number of hydrogen-bond acceptors (Lipinski definition) is 4. The normalized spacial score (nSPS) is 23.8. The van der Waals surface area contributed by atoms with Crippen LogP contribution in [0.25, 0.3) is 0 Å². The fourth-order valence-corrected chi connectivity index (χ4v) is 4.16. The van der Waals surface area contributed by atoms with Crippen LogP contribution in [-0.4, -0.2) is 29.6 Å². The molecule has 2 unspecified atom stereocenters. The number of carbonyl (C=O) groups excluding carboxylic acids is 1. The average Bonchev–Trinajstić information content (AvgIpc) is 2.70. The van der Waals surface area contributed by atoms with E-state index in [2.05, 4.69) is 4.98 Å². The molecule has 1 aromatic carbocycles. The number of pyridine rings is 1. The minimum absolute atomic E-state index is 0.0334. The van der Waals surface area contributed by atoms with E-state index in [1.165, 1.54) is 37.6 Å². The van der Waals surface area contributed by atoms with E-state index in [0.717, 1.165) is 6.07 Å². The first-order valence-electron chi connectivity index (χ1n) is 9.27. The lowest BCUT2D eigenvalue weighted by molar-refractivity contribution is -0.137. The molecule has 0 saturated carbocycles. The zero-order chi connectivity index (χ0) is 22.2. The minimum atomic E-state index is -4.63. The van der Waals surface area contributed by atoms with Crippen LogP contribution in [0.2, 0.25) is 5.02 Å². The van der Waals surface area contributed by atoms with Crippen LogP contribution in [0.1, 0.15) is 41.6 Å². The molecule has 0 saturated heterocycles. The number of methoxy groups -OCH3 is 1. The predicted octanol–water partition coefficient (Wildman–Crippen LogP) is 4.75. The Morgan fingerprint density at radius 2 is 2.00 bits per heavy atom. The number of alkyl halides is 4. The fraction of sp³-hybridized carbons (Fsp3) is 0.429. The first-order chi connectivity index (χ1) is 14.0. The van der Waals surface area contributed by atoms with Crippen LogP contribution in [0.4, 0.5) is 17.6 Å². The van der Waals surface area contributed by atoms with Gasteiger partial charge < -0.3 is 9.84 Å². The van der Waals surface area contributed by atoms with Crippen LogP contribution in [0.3, 0.4) is 0 Å². The number of rotatable bonds is 6. The van der Waals surface area contributed by atoms with Gasteiger partial charge in [-0.15, -0.1) is 0 Å². The van der Waals surface area contributed by atoms with Crippen molar-refractivity contribution in [1.29, 1.82) is 0 Å². The predicted molar refractivity (Wildman–Crippen MR) is 102 cm³/mol. The quantitative estimate of drug-likeness (QED) is 0.652. The summed E-state index contributed by atoms with van der Waals surface area (Å²) in [5.74, 6) is -0.801. The SMILES string of the molecule is COCC1(O)CCC(F)(C(=O)CCc2cccc(C(F)(F)F)c2Cl)c2cccnc21. The molecule has 0 bridgehead atoms. The van der Waals surface area contributed by atoms with Gasteiger partial charge in [-0.25, -0.2) is 4.39 Å². The summed E-state index contributed by atoms with van der Waals surface area (Å²) in [6.45, 7) is -0.110. The van der Waals surface area contributed by atoms with E-state index >= 15 is 4.39 Å². The monoisotopic (exact) mass is 445 g/mol. The second-order valence-electron chi connectivity index (χ2n) is 7.36. The van der Waals surface area contributed by atoms with E-state index in [0.29, 0.717) is 0 Å². The first kappa shape index (κ1) is 22.7. The number of halogens is 5. The number of aliphatic hydroxyl groups is 1. The Morgan fingerprint density at radius 3 is 2.67 bits per heavy atom. The van der Waals surface area contributed by atoms with E-state index in [9.17, 15) is 23.1 Å². The third-order valence-electron chi connectivity index (χ3n) is 5.39. The maximum atomic E-state index is 15.9. The highest BCUT2D eigenvalue weighted by atomic mass is 35.5. The Bertz CT molecular complexity index is 952. The number of benzene rings is 1. The van der Waals surface area contributed by atoms with Gasteiger partial charge >= 0.3 is 6.18 Å². The zero-order valence-electron chi connectivity index (χ0n) is 16.1. The first-order valence-corrected chi connectivity index (χ1v) is 9.65. The van der Waals surface area contributed by atoms with Crippen molar-refractivity contribution >= 4 is 17.4 Å². The lowest BCUT2D eigenvalue weighted by atomic mass is 9.72. The Labute approximate surface area is 175 Å². The maximum Gasteiger partial charge on any atom is 0.417 e. The van der Waals surface area contributed by atoms with Gasteiger partial charge in [0, 0.05) is 25.3 Å². The summed E-state index contributed by atoms with van der Waals surface area (Å²) in [5, 5.41) is 10.3. The molecular weight excluding hydrogens is 426 g/mol. The molecule has 0 aliphatic heterocycles. The maximum absolute atomic E-state index is 15.9. The van der Waals surface area contributed by atoms with E-state index in [1.807, 2.05) is 0 Å². The third-order valence-corrected chi connectivity index (χ3v) is 5.84. The molecule has 3 rings (SSSR count). The molecule has 4 nitrogen and oxygen atoms in total. The number of ether oxygens (including phenoxy) is 1.